The SMILES string of the molecule is CCc1c(C)sc2c1CCN(CC(=O)NC1CCCCC1)[C@H]2c1ccccc1. The number of thiophene rings is 1. The third-order valence-corrected chi connectivity index (χ3v) is 7.64. The number of fused-ring (bicyclic) bond motifs is 1. The van der Waals surface area contributed by atoms with Crippen molar-refractivity contribution in [1.82, 2.24) is 10.2 Å². The average Bonchev–Trinajstić information content (AvgIpc) is 3.04. The highest BCUT2D eigenvalue weighted by atomic mass is 32.1. The van der Waals surface area contributed by atoms with Crippen molar-refractivity contribution in [3.05, 3.63) is 56.8 Å². The molecule has 1 aromatic carbocycles. The molecule has 1 saturated carbocycles. The van der Waals surface area contributed by atoms with E-state index in [1.54, 1.807) is 5.56 Å². The lowest BCUT2D eigenvalue weighted by Crippen LogP contribution is -2.45. The standard InChI is InChI=1S/C24H32N2OS/c1-3-20-17(2)28-24-21(20)14-15-26(23(24)18-10-6-4-7-11-18)16-22(27)25-19-12-8-5-9-13-19/h4,6-7,10-11,19,23H,3,5,8-9,12-16H2,1-2H3,(H,25,27)/t23-/m0/s1. The maximum Gasteiger partial charge on any atom is 0.234 e. The van der Waals surface area contributed by atoms with Gasteiger partial charge in [0.1, 0.15) is 0 Å². The first-order valence-corrected chi connectivity index (χ1v) is 11.7. The van der Waals surface area contributed by atoms with Crippen LogP contribution < -0.4 is 5.32 Å². The predicted octanol–water partition coefficient (Wildman–Crippen LogP) is 5.02. The molecule has 0 saturated heterocycles. The van der Waals surface area contributed by atoms with Gasteiger partial charge in [0.05, 0.1) is 12.6 Å². The van der Waals surface area contributed by atoms with Gasteiger partial charge in [0.15, 0.2) is 0 Å². The summed E-state index contributed by atoms with van der Waals surface area (Å²) >= 11 is 1.94. The third kappa shape index (κ3) is 4.04. The fourth-order valence-electron chi connectivity index (χ4n) is 5.03. The first-order valence-electron chi connectivity index (χ1n) is 10.9. The second-order valence-electron chi connectivity index (χ2n) is 8.27. The highest BCUT2D eigenvalue weighted by molar-refractivity contribution is 7.12. The molecule has 1 fully saturated rings. The Hall–Kier alpha value is -1.65. The van der Waals surface area contributed by atoms with Crippen LogP contribution in [0.5, 0.6) is 0 Å². The maximum absolute atomic E-state index is 12.8. The minimum Gasteiger partial charge on any atom is -0.352 e. The zero-order valence-electron chi connectivity index (χ0n) is 17.2. The van der Waals surface area contributed by atoms with E-state index in [9.17, 15) is 4.79 Å². The van der Waals surface area contributed by atoms with Crippen LogP contribution in [-0.4, -0.2) is 29.9 Å². The van der Waals surface area contributed by atoms with Crippen LogP contribution in [0, 0.1) is 6.92 Å². The number of carbonyl (C=O) groups excluding carboxylic acids is 1. The van der Waals surface area contributed by atoms with Crippen molar-refractivity contribution in [2.45, 2.75) is 70.9 Å². The molecule has 2 aromatic rings. The minimum absolute atomic E-state index is 0.195. The second-order valence-corrected chi connectivity index (χ2v) is 9.53. The average molecular weight is 397 g/mol. The van der Waals surface area contributed by atoms with Gasteiger partial charge >= 0.3 is 0 Å². The van der Waals surface area contributed by atoms with Crippen molar-refractivity contribution >= 4 is 17.2 Å². The highest BCUT2D eigenvalue weighted by Gasteiger charge is 2.33. The molecule has 0 spiro atoms. The maximum atomic E-state index is 12.8. The topological polar surface area (TPSA) is 32.3 Å². The molecule has 1 aliphatic carbocycles. The number of aryl methyl sites for hydroxylation is 1. The molecule has 4 heteroatoms. The second kappa shape index (κ2) is 8.79. The van der Waals surface area contributed by atoms with Crippen LogP contribution in [0.25, 0.3) is 0 Å². The van der Waals surface area contributed by atoms with Crippen LogP contribution in [0.2, 0.25) is 0 Å². The molecule has 1 aromatic heterocycles. The van der Waals surface area contributed by atoms with E-state index < -0.39 is 0 Å². The van der Waals surface area contributed by atoms with E-state index >= 15 is 0 Å². The summed E-state index contributed by atoms with van der Waals surface area (Å²) < 4.78 is 0. The fourth-order valence-corrected chi connectivity index (χ4v) is 6.50. The molecule has 1 atom stereocenters. The van der Waals surface area contributed by atoms with Gasteiger partial charge in [-0.2, -0.15) is 0 Å². The quantitative estimate of drug-likeness (QED) is 0.770. The first kappa shape index (κ1) is 19.7. The van der Waals surface area contributed by atoms with Crippen LogP contribution in [0.1, 0.15) is 71.5 Å². The number of hydrogen-bond donors (Lipinski definition) is 1. The van der Waals surface area contributed by atoms with E-state index in [-0.39, 0.29) is 11.9 Å². The van der Waals surface area contributed by atoms with Crippen LogP contribution in [0.15, 0.2) is 30.3 Å². The van der Waals surface area contributed by atoms with Crippen molar-refractivity contribution in [2.75, 3.05) is 13.1 Å². The van der Waals surface area contributed by atoms with Crippen molar-refractivity contribution < 1.29 is 4.79 Å². The number of nitrogens with one attached hydrogen (secondary N) is 1. The van der Waals surface area contributed by atoms with E-state index in [1.165, 1.54) is 40.1 Å². The van der Waals surface area contributed by atoms with Gasteiger partial charge in [0.2, 0.25) is 5.91 Å². The van der Waals surface area contributed by atoms with Crippen LogP contribution in [-0.2, 0) is 17.6 Å². The number of amides is 1. The molecule has 28 heavy (non-hydrogen) atoms. The predicted molar refractivity (Wildman–Crippen MR) is 117 cm³/mol. The Balaban J connectivity index is 1.58. The fraction of sp³-hybridized carbons (Fsp3) is 0.542. The molecular formula is C24H32N2OS. The molecule has 2 aliphatic rings. The molecule has 1 amide bonds. The lowest BCUT2D eigenvalue weighted by molar-refractivity contribution is -0.123. The molecule has 150 valence electrons. The molecule has 0 unspecified atom stereocenters. The Morgan fingerprint density at radius 3 is 2.64 bits per heavy atom. The normalized spacial score (nSPS) is 20.7. The van der Waals surface area contributed by atoms with Gasteiger partial charge in [0.25, 0.3) is 0 Å². The largest absolute Gasteiger partial charge is 0.352 e. The zero-order valence-corrected chi connectivity index (χ0v) is 18.0. The van der Waals surface area contributed by atoms with Gasteiger partial charge in [-0.15, -0.1) is 11.3 Å². The summed E-state index contributed by atoms with van der Waals surface area (Å²) in [4.78, 5) is 18.1. The van der Waals surface area contributed by atoms with Crippen LogP contribution >= 0.6 is 11.3 Å². The lowest BCUT2D eigenvalue weighted by Gasteiger charge is -2.36. The summed E-state index contributed by atoms with van der Waals surface area (Å²) in [6.07, 6.45) is 8.25. The third-order valence-electron chi connectivity index (χ3n) is 6.40. The Morgan fingerprint density at radius 1 is 1.18 bits per heavy atom. The molecule has 3 nitrogen and oxygen atoms in total. The number of rotatable bonds is 5. The minimum atomic E-state index is 0.195. The highest BCUT2D eigenvalue weighted by Crippen LogP contribution is 2.42. The summed E-state index contributed by atoms with van der Waals surface area (Å²) in [5.74, 6) is 0.195. The van der Waals surface area contributed by atoms with Gasteiger partial charge in [0, 0.05) is 22.3 Å². The summed E-state index contributed by atoms with van der Waals surface area (Å²) in [5, 5.41) is 3.31. The Kier molecular flexibility index (Phi) is 6.17. The van der Waals surface area contributed by atoms with Crippen LogP contribution in [0.4, 0.5) is 0 Å². The van der Waals surface area contributed by atoms with Gasteiger partial charge < -0.3 is 5.32 Å². The summed E-state index contributed by atoms with van der Waals surface area (Å²) in [6, 6.07) is 11.3. The van der Waals surface area contributed by atoms with Gasteiger partial charge in [-0.3, -0.25) is 9.69 Å². The van der Waals surface area contributed by atoms with Crippen molar-refractivity contribution in [3.63, 3.8) is 0 Å². The number of nitrogens with zero attached hydrogens (tertiary/aromatic N) is 1. The van der Waals surface area contributed by atoms with Gasteiger partial charge in [-0.25, -0.2) is 0 Å². The molecule has 1 N–H and O–H groups in total. The zero-order chi connectivity index (χ0) is 19.5. The molecular weight excluding hydrogens is 364 g/mol. The number of hydrogen-bond acceptors (Lipinski definition) is 3. The monoisotopic (exact) mass is 396 g/mol. The number of benzene rings is 1. The van der Waals surface area contributed by atoms with Gasteiger partial charge in [-0.05, 0) is 49.3 Å². The Bertz CT molecular complexity index is 808. The van der Waals surface area contributed by atoms with E-state index in [4.69, 9.17) is 0 Å². The van der Waals surface area contributed by atoms with E-state index in [0.717, 1.165) is 32.2 Å². The summed E-state index contributed by atoms with van der Waals surface area (Å²) in [5.41, 5.74) is 4.38. The van der Waals surface area contributed by atoms with Crippen molar-refractivity contribution in [3.8, 4) is 0 Å². The van der Waals surface area contributed by atoms with Crippen molar-refractivity contribution in [1.29, 1.82) is 0 Å². The van der Waals surface area contributed by atoms with E-state index in [0.29, 0.717) is 12.6 Å². The molecule has 4 rings (SSSR count). The first-order chi connectivity index (χ1) is 13.7. The Morgan fingerprint density at radius 2 is 1.93 bits per heavy atom. The molecule has 0 radical (unpaired) electrons. The Labute approximate surface area is 173 Å². The van der Waals surface area contributed by atoms with Gasteiger partial charge in [-0.1, -0.05) is 56.5 Å². The summed E-state index contributed by atoms with van der Waals surface area (Å²) in [7, 11) is 0. The number of carbonyl (C=O) groups is 1. The molecule has 0 bridgehead atoms. The summed E-state index contributed by atoms with van der Waals surface area (Å²) in [6.45, 7) is 5.96. The van der Waals surface area contributed by atoms with Crippen LogP contribution in [0.3, 0.4) is 0 Å². The van der Waals surface area contributed by atoms with E-state index in [2.05, 4.69) is 54.4 Å². The van der Waals surface area contributed by atoms with E-state index in [1.807, 2.05) is 11.3 Å². The van der Waals surface area contributed by atoms with Crippen molar-refractivity contribution in [2.24, 2.45) is 0 Å². The molecule has 2 heterocycles. The lowest BCUT2D eigenvalue weighted by atomic mass is 9.91. The smallest absolute Gasteiger partial charge is 0.234 e. The molecule has 1 aliphatic heterocycles.